The van der Waals surface area contributed by atoms with E-state index in [9.17, 15) is 9.90 Å². The van der Waals surface area contributed by atoms with Crippen molar-refractivity contribution in [1.82, 2.24) is 10.2 Å². The van der Waals surface area contributed by atoms with Crippen molar-refractivity contribution in [2.24, 2.45) is 0 Å². The normalized spacial score (nSPS) is 19.7. The van der Waals surface area contributed by atoms with Crippen LogP contribution in [0, 0.1) is 0 Å². The Hall–Kier alpha value is -1.79. The standard InChI is InChI=1S/C16H25N3O3/c1-16(2,3)22-15(21)18-11-5-6-14(20)12(9-11)13-10-17-7-8-19(13)4/h5-6,9,13,17,20H,7-8,10H2,1-4H3,(H,18,21). The molecule has 1 heterocycles. The first-order valence-corrected chi connectivity index (χ1v) is 7.50. The van der Waals surface area contributed by atoms with Crippen LogP contribution < -0.4 is 10.6 Å². The summed E-state index contributed by atoms with van der Waals surface area (Å²) in [6.07, 6.45) is -0.501. The first kappa shape index (κ1) is 16.6. The predicted molar refractivity (Wildman–Crippen MR) is 86.2 cm³/mol. The van der Waals surface area contributed by atoms with Gasteiger partial charge in [-0.1, -0.05) is 0 Å². The highest BCUT2D eigenvalue weighted by molar-refractivity contribution is 5.85. The molecule has 6 heteroatoms. The van der Waals surface area contributed by atoms with Crippen LogP contribution in [0.4, 0.5) is 10.5 Å². The van der Waals surface area contributed by atoms with Crippen LogP contribution >= 0.6 is 0 Å². The molecule has 0 spiro atoms. The fourth-order valence-corrected chi connectivity index (χ4v) is 2.47. The van der Waals surface area contributed by atoms with E-state index in [1.54, 1.807) is 18.2 Å². The average Bonchev–Trinajstić information content (AvgIpc) is 2.39. The number of anilines is 1. The molecular weight excluding hydrogens is 282 g/mol. The molecule has 1 aliphatic rings. The molecule has 1 aromatic rings. The summed E-state index contributed by atoms with van der Waals surface area (Å²) in [5, 5.41) is 16.2. The number of nitrogens with one attached hydrogen (secondary N) is 2. The summed E-state index contributed by atoms with van der Waals surface area (Å²) in [5.74, 6) is 0.232. The number of carbonyl (C=O) groups excluding carboxylic acids is 1. The van der Waals surface area contributed by atoms with Gasteiger partial charge in [-0.25, -0.2) is 4.79 Å². The lowest BCUT2D eigenvalue weighted by Gasteiger charge is -2.33. The third kappa shape index (κ3) is 4.35. The number of hydrogen-bond acceptors (Lipinski definition) is 5. The topological polar surface area (TPSA) is 73.8 Å². The van der Waals surface area contributed by atoms with Gasteiger partial charge < -0.3 is 15.2 Å². The van der Waals surface area contributed by atoms with Gasteiger partial charge in [-0.3, -0.25) is 10.2 Å². The Bertz CT molecular complexity index is 540. The highest BCUT2D eigenvalue weighted by Gasteiger charge is 2.24. The van der Waals surface area contributed by atoms with Gasteiger partial charge in [-0.05, 0) is 46.0 Å². The van der Waals surface area contributed by atoms with Crippen molar-refractivity contribution >= 4 is 11.8 Å². The second-order valence-electron chi connectivity index (χ2n) is 6.60. The van der Waals surface area contributed by atoms with Crippen LogP contribution in [0.2, 0.25) is 0 Å². The lowest BCUT2D eigenvalue weighted by atomic mass is 10.0. The van der Waals surface area contributed by atoms with E-state index in [1.807, 2.05) is 27.8 Å². The van der Waals surface area contributed by atoms with E-state index in [0.29, 0.717) is 5.69 Å². The third-order valence-electron chi connectivity index (χ3n) is 3.54. The van der Waals surface area contributed by atoms with Crippen LogP contribution in [0.3, 0.4) is 0 Å². The number of likely N-dealkylation sites (N-methyl/N-ethyl adjacent to an activating group) is 1. The molecule has 0 aliphatic carbocycles. The quantitative estimate of drug-likeness (QED) is 0.731. The predicted octanol–water partition coefficient (Wildman–Crippen LogP) is 2.32. The SMILES string of the molecule is CN1CCNCC1c1cc(NC(=O)OC(C)(C)C)ccc1O. The largest absolute Gasteiger partial charge is 0.508 e. The second-order valence-corrected chi connectivity index (χ2v) is 6.60. The number of aromatic hydroxyl groups is 1. The fraction of sp³-hybridized carbons (Fsp3) is 0.562. The molecule has 2 rings (SSSR count). The lowest BCUT2D eigenvalue weighted by Crippen LogP contribution is -2.43. The van der Waals surface area contributed by atoms with Gasteiger partial charge in [0.2, 0.25) is 0 Å². The monoisotopic (exact) mass is 307 g/mol. The molecule has 1 amide bonds. The molecule has 6 nitrogen and oxygen atoms in total. The second kappa shape index (κ2) is 6.54. The maximum atomic E-state index is 11.8. The number of nitrogens with zero attached hydrogens (tertiary/aromatic N) is 1. The molecule has 0 saturated carbocycles. The Kier molecular flexibility index (Phi) is 4.93. The molecule has 22 heavy (non-hydrogen) atoms. The number of carbonyl (C=O) groups is 1. The van der Waals surface area contributed by atoms with E-state index < -0.39 is 11.7 Å². The minimum Gasteiger partial charge on any atom is -0.508 e. The van der Waals surface area contributed by atoms with Gasteiger partial charge in [0.25, 0.3) is 0 Å². The van der Waals surface area contributed by atoms with Crippen LogP contribution in [0.5, 0.6) is 5.75 Å². The van der Waals surface area contributed by atoms with Gasteiger partial charge >= 0.3 is 6.09 Å². The molecule has 1 fully saturated rings. The van der Waals surface area contributed by atoms with Crippen LogP contribution in [0.15, 0.2) is 18.2 Å². The van der Waals surface area contributed by atoms with Gasteiger partial charge in [0.15, 0.2) is 0 Å². The van der Waals surface area contributed by atoms with Crippen molar-refractivity contribution in [3.05, 3.63) is 23.8 Å². The molecule has 1 unspecified atom stereocenters. The highest BCUT2D eigenvalue weighted by atomic mass is 16.6. The van der Waals surface area contributed by atoms with Crippen LogP contribution in [0.1, 0.15) is 32.4 Å². The summed E-state index contributed by atoms with van der Waals surface area (Å²) < 4.78 is 5.24. The lowest BCUT2D eigenvalue weighted by molar-refractivity contribution is 0.0636. The Labute approximate surface area is 131 Å². The molecule has 0 bridgehead atoms. The molecule has 0 radical (unpaired) electrons. The minimum atomic E-state index is -0.544. The summed E-state index contributed by atoms with van der Waals surface area (Å²) in [6, 6.07) is 5.14. The fourth-order valence-electron chi connectivity index (χ4n) is 2.47. The zero-order valence-electron chi connectivity index (χ0n) is 13.6. The van der Waals surface area contributed by atoms with Crippen molar-refractivity contribution < 1.29 is 14.6 Å². The molecule has 0 aromatic heterocycles. The van der Waals surface area contributed by atoms with Crippen molar-refractivity contribution in [2.75, 3.05) is 32.0 Å². The summed E-state index contributed by atoms with van der Waals surface area (Å²) in [7, 11) is 2.03. The first-order valence-electron chi connectivity index (χ1n) is 7.50. The molecule has 122 valence electrons. The van der Waals surface area contributed by atoms with Gasteiger partial charge in [0, 0.05) is 30.9 Å². The number of amides is 1. The van der Waals surface area contributed by atoms with Gasteiger partial charge in [-0.2, -0.15) is 0 Å². The number of ether oxygens (including phenoxy) is 1. The number of hydrogen-bond donors (Lipinski definition) is 3. The van der Waals surface area contributed by atoms with Crippen LogP contribution in [0.25, 0.3) is 0 Å². The van der Waals surface area contributed by atoms with E-state index in [0.717, 1.165) is 25.2 Å². The summed E-state index contributed by atoms with van der Waals surface area (Å²) in [4.78, 5) is 14.0. The van der Waals surface area contributed by atoms with Crippen molar-refractivity contribution in [1.29, 1.82) is 0 Å². The number of piperazine rings is 1. The van der Waals surface area contributed by atoms with E-state index in [2.05, 4.69) is 15.5 Å². The van der Waals surface area contributed by atoms with Crippen molar-refractivity contribution in [3.63, 3.8) is 0 Å². The van der Waals surface area contributed by atoms with E-state index in [1.165, 1.54) is 0 Å². The zero-order chi connectivity index (χ0) is 16.3. The van der Waals surface area contributed by atoms with Gasteiger partial charge in [0.05, 0.1) is 6.04 Å². The Balaban J connectivity index is 2.14. The first-order chi connectivity index (χ1) is 10.3. The third-order valence-corrected chi connectivity index (χ3v) is 3.54. The number of phenols is 1. The average molecular weight is 307 g/mol. The molecule has 1 aliphatic heterocycles. The smallest absolute Gasteiger partial charge is 0.412 e. The maximum Gasteiger partial charge on any atom is 0.412 e. The molecular formula is C16H25N3O3. The van der Waals surface area contributed by atoms with Gasteiger partial charge in [-0.15, -0.1) is 0 Å². The van der Waals surface area contributed by atoms with E-state index in [4.69, 9.17) is 4.74 Å². The molecule has 1 atom stereocenters. The van der Waals surface area contributed by atoms with Gasteiger partial charge in [0.1, 0.15) is 11.4 Å². The number of benzene rings is 1. The van der Waals surface area contributed by atoms with E-state index >= 15 is 0 Å². The molecule has 1 aromatic carbocycles. The van der Waals surface area contributed by atoms with E-state index in [-0.39, 0.29) is 11.8 Å². The van der Waals surface area contributed by atoms with Crippen LogP contribution in [-0.4, -0.2) is 48.4 Å². The number of rotatable bonds is 2. The Morgan fingerprint density at radius 3 is 2.82 bits per heavy atom. The highest BCUT2D eigenvalue weighted by Crippen LogP contribution is 2.31. The summed E-state index contributed by atoms with van der Waals surface area (Å²) >= 11 is 0. The minimum absolute atomic E-state index is 0.0779. The molecule has 1 saturated heterocycles. The molecule has 3 N–H and O–H groups in total. The summed E-state index contributed by atoms with van der Waals surface area (Å²) in [5.41, 5.74) is 0.862. The van der Waals surface area contributed by atoms with Crippen molar-refractivity contribution in [2.45, 2.75) is 32.4 Å². The Morgan fingerprint density at radius 2 is 2.18 bits per heavy atom. The maximum absolute atomic E-state index is 11.8. The zero-order valence-corrected chi connectivity index (χ0v) is 13.6. The van der Waals surface area contributed by atoms with Crippen molar-refractivity contribution in [3.8, 4) is 5.75 Å². The van der Waals surface area contributed by atoms with Crippen LogP contribution in [-0.2, 0) is 4.74 Å². The number of phenolic OH excluding ortho intramolecular Hbond substituents is 1. The summed E-state index contributed by atoms with van der Waals surface area (Å²) in [6.45, 7) is 8.06. The Morgan fingerprint density at radius 1 is 1.45 bits per heavy atom.